The van der Waals surface area contributed by atoms with Crippen molar-refractivity contribution in [3.05, 3.63) is 53.6 Å². The summed E-state index contributed by atoms with van der Waals surface area (Å²) in [6, 6.07) is 14.2. The normalized spacial score (nSPS) is 20.4. The number of nitrogens with one attached hydrogen (secondary N) is 1. The van der Waals surface area contributed by atoms with Crippen LogP contribution >= 0.6 is 0 Å². The summed E-state index contributed by atoms with van der Waals surface area (Å²) in [5, 5.41) is 13.1. The van der Waals surface area contributed by atoms with Crippen LogP contribution in [0.5, 0.6) is 11.5 Å². The Hall–Kier alpha value is -2.20. The molecule has 2 N–H and O–H groups in total. The SMILES string of the molecule is Oc1ccc2c(c1)OCC2N1CCNCc2ccccc21. The fourth-order valence-corrected chi connectivity index (χ4v) is 3.25. The van der Waals surface area contributed by atoms with Gasteiger partial charge in [-0.05, 0) is 23.8 Å². The lowest BCUT2D eigenvalue weighted by Crippen LogP contribution is -2.33. The maximum atomic E-state index is 9.59. The lowest BCUT2D eigenvalue weighted by molar-refractivity contribution is 0.325. The molecule has 1 atom stereocenters. The molecular formula is C17H18N2O2. The van der Waals surface area contributed by atoms with Crippen LogP contribution in [0.25, 0.3) is 0 Å². The standard InChI is InChI=1S/C17H18N2O2/c20-13-5-6-14-16(11-21-17(14)9-13)19-8-7-18-10-12-3-1-2-4-15(12)19/h1-6,9,16,18,20H,7-8,10-11H2. The molecule has 2 aliphatic heterocycles. The third kappa shape index (κ3) is 2.12. The Morgan fingerprint density at radius 1 is 1.19 bits per heavy atom. The van der Waals surface area contributed by atoms with Crippen LogP contribution in [0.2, 0.25) is 0 Å². The second-order valence-corrected chi connectivity index (χ2v) is 5.55. The summed E-state index contributed by atoms with van der Waals surface area (Å²) in [4.78, 5) is 2.41. The zero-order valence-electron chi connectivity index (χ0n) is 11.7. The number of aromatic hydroxyl groups is 1. The summed E-state index contributed by atoms with van der Waals surface area (Å²) in [5.74, 6) is 1.06. The molecule has 0 saturated carbocycles. The molecule has 21 heavy (non-hydrogen) atoms. The van der Waals surface area contributed by atoms with Crippen LogP contribution in [-0.4, -0.2) is 24.8 Å². The quantitative estimate of drug-likeness (QED) is 0.843. The van der Waals surface area contributed by atoms with Gasteiger partial charge in [0, 0.05) is 37.0 Å². The van der Waals surface area contributed by atoms with Crippen molar-refractivity contribution in [2.24, 2.45) is 0 Å². The van der Waals surface area contributed by atoms with Gasteiger partial charge in [-0.2, -0.15) is 0 Å². The lowest BCUT2D eigenvalue weighted by atomic mass is 10.0. The summed E-state index contributed by atoms with van der Waals surface area (Å²) in [6.07, 6.45) is 0. The van der Waals surface area contributed by atoms with E-state index in [-0.39, 0.29) is 11.8 Å². The topological polar surface area (TPSA) is 44.7 Å². The maximum Gasteiger partial charge on any atom is 0.128 e. The number of rotatable bonds is 1. The van der Waals surface area contributed by atoms with Gasteiger partial charge in [0.15, 0.2) is 0 Å². The van der Waals surface area contributed by atoms with Crippen molar-refractivity contribution in [2.75, 3.05) is 24.6 Å². The molecule has 2 aromatic carbocycles. The molecule has 0 bridgehead atoms. The molecule has 2 aromatic rings. The van der Waals surface area contributed by atoms with Gasteiger partial charge in [-0.25, -0.2) is 0 Å². The highest BCUT2D eigenvalue weighted by atomic mass is 16.5. The maximum absolute atomic E-state index is 9.59. The molecule has 4 rings (SSSR count). The molecular weight excluding hydrogens is 264 g/mol. The lowest BCUT2D eigenvalue weighted by Gasteiger charge is -2.30. The van der Waals surface area contributed by atoms with Gasteiger partial charge in [-0.3, -0.25) is 0 Å². The van der Waals surface area contributed by atoms with E-state index in [0.717, 1.165) is 30.9 Å². The van der Waals surface area contributed by atoms with Crippen LogP contribution in [0.15, 0.2) is 42.5 Å². The number of ether oxygens (including phenoxy) is 1. The first-order chi connectivity index (χ1) is 10.3. The molecule has 0 aromatic heterocycles. The molecule has 2 heterocycles. The number of phenols is 1. The van der Waals surface area contributed by atoms with Crippen LogP contribution in [0, 0.1) is 0 Å². The second-order valence-electron chi connectivity index (χ2n) is 5.55. The fourth-order valence-electron chi connectivity index (χ4n) is 3.25. The number of phenolic OH excluding ortho intramolecular Hbond substituents is 1. The molecule has 0 spiro atoms. The number of fused-ring (bicyclic) bond motifs is 2. The van der Waals surface area contributed by atoms with E-state index in [1.807, 2.05) is 6.07 Å². The summed E-state index contributed by atoms with van der Waals surface area (Å²) in [7, 11) is 0. The van der Waals surface area contributed by atoms with E-state index in [0.29, 0.717) is 6.61 Å². The Bertz CT molecular complexity index is 672. The van der Waals surface area contributed by atoms with E-state index >= 15 is 0 Å². The highest BCUT2D eigenvalue weighted by Crippen LogP contribution is 2.40. The van der Waals surface area contributed by atoms with Crippen molar-refractivity contribution in [3.8, 4) is 11.5 Å². The van der Waals surface area contributed by atoms with Crippen molar-refractivity contribution in [1.82, 2.24) is 5.32 Å². The Morgan fingerprint density at radius 2 is 2.10 bits per heavy atom. The first kappa shape index (κ1) is 12.5. The Labute approximate surface area is 124 Å². The van der Waals surface area contributed by atoms with Crippen LogP contribution in [0.4, 0.5) is 5.69 Å². The van der Waals surface area contributed by atoms with Gasteiger partial charge in [-0.1, -0.05) is 18.2 Å². The van der Waals surface area contributed by atoms with Gasteiger partial charge in [0.1, 0.15) is 18.1 Å². The number of anilines is 1. The van der Waals surface area contributed by atoms with E-state index < -0.39 is 0 Å². The average Bonchev–Trinajstić information content (AvgIpc) is 2.79. The largest absolute Gasteiger partial charge is 0.508 e. The monoisotopic (exact) mass is 282 g/mol. The van der Waals surface area contributed by atoms with E-state index in [4.69, 9.17) is 4.74 Å². The third-order valence-corrected chi connectivity index (χ3v) is 4.28. The second kappa shape index (κ2) is 4.97. The highest BCUT2D eigenvalue weighted by Gasteiger charge is 2.31. The minimum Gasteiger partial charge on any atom is -0.508 e. The van der Waals surface area contributed by atoms with Gasteiger partial charge in [-0.15, -0.1) is 0 Å². The minimum absolute atomic E-state index is 0.210. The number of para-hydroxylation sites is 1. The number of hydrogen-bond donors (Lipinski definition) is 2. The predicted octanol–water partition coefficient (Wildman–Crippen LogP) is 2.44. The van der Waals surface area contributed by atoms with Gasteiger partial charge in [0.05, 0.1) is 6.04 Å². The fraction of sp³-hybridized carbons (Fsp3) is 0.294. The molecule has 108 valence electrons. The molecule has 0 amide bonds. The van der Waals surface area contributed by atoms with Crippen molar-refractivity contribution >= 4 is 5.69 Å². The number of benzene rings is 2. The summed E-state index contributed by atoms with van der Waals surface area (Å²) in [6.45, 7) is 3.44. The molecule has 4 heteroatoms. The molecule has 4 nitrogen and oxygen atoms in total. The summed E-state index contributed by atoms with van der Waals surface area (Å²) in [5.41, 5.74) is 3.75. The Morgan fingerprint density at radius 3 is 3.05 bits per heavy atom. The van der Waals surface area contributed by atoms with Crippen molar-refractivity contribution in [1.29, 1.82) is 0 Å². The molecule has 0 radical (unpaired) electrons. The van der Waals surface area contributed by atoms with Crippen LogP contribution < -0.4 is 15.0 Å². The van der Waals surface area contributed by atoms with Gasteiger partial charge in [0.2, 0.25) is 0 Å². The first-order valence-corrected chi connectivity index (χ1v) is 7.34. The van der Waals surface area contributed by atoms with Gasteiger partial charge in [0.25, 0.3) is 0 Å². The first-order valence-electron chi connectivity index (χ1n) is 7.34. The molecule has 0 saturated heterocycles. The molecule has 1 unspecified atom stereocenters. The Balaban J connectivity index is 1.75. The zero-order chi connectivity index (χ0) is 14.2. The van der Waals surface area contributed by atoms with E-state index in [1.54, 1.807) is 12.1 Å². The molecule has 0 aliphatic carbocycles. The third-order valence-electron chi connectivity index (χ3n) is 4.28. The predicted molar refractivity (Wildman–Crippen MR) is 81.8 cm³/mol. The van der Waals surface area contributed by atoms with E-state index in [2.05, 4.69) is 34.5 Å². The van der Waals surface area contributed by atoms with Gasteiger partial charge >= 0.3 is 0 Å². The van der Waals surface area contributed by atoms with Gasteiger partial charge < -0.3 is 20.1 Å². The smallest absolute Gasteiger partial charge is 0.128 e. The van der Waals surface area contributed by atoms with Crippen LogP contribution in [0.1, 0.15) is 17.2 Å². The number of nitrogens with zero attached hydrogens (tertiary/aromatic N) is 1. The van der Waals surface area contributed by atoms with Crippen molar-refractivity contribution < 1.29 is 9.84 Å². The Kier molecular flexibility index (Phi) is 2.97. The van der Waals surface area contributed by atoms with E-state index in [1.165, 1.54) is 11.3 Å². The van der Waals surface area contributed by atoms with Crippen molar-refractivity contribution in [3.63, 3.8) is 0 Å². The summed E-state index contributed by atoms with van der Waals surface area (Å²) >= 11 is 0. The van der Waals surface area contributed by atoms with Crippen molar-refractivity contribution in [2.45, 2.75) is 12.6 Å². The molecule has 2 aliphatic rings. The van der Waals surface area contributed by atoms with E-state index in [9.17, 15) is 5.11 Å². The molecule has 0 fully saturated rings. The highest BCUT2D eigenvalue weighted by molar-refractivity contribution is 5.58. The summed E-state index contributed by atoms with van der Waals surface area (Å²) < 4.78 is 5.78. The minimum atomic E-state index is 0.210. The zero-order valence-corrected chi connectivity index (χ0v) is 11.7. The average molecular weight is 282 g/mol. The number of hydrogen-bond acceptors (Lipinski definition) is 4. The van der Waals surface area contributed by atoms with Crippen LogP contribution in [0.3, 0.4) is 0 Å². The van der Waals surface area contributed by atoms with Crippen LogP contribution in [-0.2, 0) is 6.54 Å².